The van der Waals surface area contributed by atoms with Crippen molar-refractivity contribution in [2.75, 3.05) is 13.2 Å². The molecule has 0 radical (unpaired) electrons. The number of thioether (sulfide) groups is 1. The van der Waals surface area contributed by atoms with E-state index in [1.807, 2.05) is 50.2 Å². The van der Waals surface area contributed by atoms with Crippen LogP contribution in [0, 0.1) is 0 Å². The number of nitrogens with zero attached hydrogens (tertiary/aromatic N) is 1. The van der Waals surface area contributed by atoms with Gasteiger partial charge < -0.3 is 14.4 Å². The predicted octanol–water partition coefficient (Wildman–Crippen LogP) is 5.92. The van der Waals surface area contributed by atoms with E-state index in [9.17, 15) is 4.57 Å². The van der Waals surface area contributed by atoms with E-state index in [-0.39, 0.29) is 12.2 Å². The van der Waals surface area contributed by atoms with E-state index in [0.29, 0.717) is 18.2 Å². The highest BCUT2D eigenvalue weighted by Gasteiger charge is 2.32. The van der Waals surface area contributed by atoms with Crippen LogP contribution >= 0.6 is 31.6 Å². The van der Waals surface area contributed by atoms with Crippen LogP contribution in [0.5, 0.6) is 0 Å². The Morgan fingerprint density at radius 2 is 1.83 bits per heavy atom. The molecule has 0 fully saturated rings. The van der Waals surface area contributed by atoms with Crippen LogP contribution in [0.1, 0.15) is 42.1 Å². The van der Waals surface area contributed by atoms with Crippen LogP contribution in [0.25, 0.3) is 6.08 Å². The molecule has 2 aromatic rings. The molecule has 2 aliphatic rings. The standard InChI is InChI=1S/C22H23N2O3PS2/c1-3-26-28(25,27-4-2)14-15-9-11-16(12-10-15)21(29)24-22-23-20-18-8-6-5-7-17(18)13-19(20)30-22/h5-13,20H,3-4,14H2,1-2H3,(H,23,24,29). The molecule has 30 heavy (non-hydrogen) atoms. The van der Waals surface area contributed by atoms with Crippen LogP contribution in [-0.4, -0.2) is 23.4 Å². The van der Waals surface area contributed by atoms with Gasteiger partial charge in [0.25, 0.3) is 0 Å². The van der Waals surface area contributed by atoms with Crippen molar-refractivity contribution in [1.29, 1.82) is 0 Å². The van der Waals surface area contributed by atoms with Gasteiger partial charge in [0.1, 0.15) is 11.0 Å². The summed E-state index contributed by atoms with van der Waals surface area (Å²) >= 11 is 7.20. The molecule has 0 amide bonds. The summed E-state index contributed by atoms with van der Waals surface area (Å²) in [5.74, 6) is 0. The Labute approximate surface area is 186 Å². The van der Waals surface area contributed by atoms with Gasteiger partial charge in [-0.3, -0.25) is 4.57 Å². The molecular formula is C22H23N2O3PS2. The fourth-order valence-corrected chi connectivity index (χ4v) is 6.50. The minimum Gasteiger partial charge on any atom is -0.325 e. The van der Waals surface area contributed by atoms with Crippen LogP contribution in [0.4, 0.5) is 0 Å². The quantitative estimate of drug-likeness (QED) is 0.411. The summed E-state index contributed by atoms with van der Waals surface area (Å²) < 4.78 is 23.5. The number of fused-ring (bicyclic) bond motifs is 3. The van der Waals surface area contributed by atoms with Gasteiger partial charge in [0, 0.05) is 10.5 Å². The van der Waals surface area contributed by atoms with Gasteiger partial charge in [-0.15, -0.1) is 0 Å². The SMILES string of the molecule is CCOP(=O)(Cc1ccc(C(=S)NC2=NC3C(=Cc4ccccc43)S2)cc1)OCC. The van der Waals surface area contributed by atoms with Crippen LogP contribution in [0.15, 0.2) is 58.4 Å². The Kier molecular flexibility index (Phi) is 6.56. The Balaban J connectivity index is 1.41. The molecule has 0 saturated heterocycles. The number of nitrogens with one attached hydrogen (secondary N) is 1. The van der Waals surface area contributed by atoms with E-state index >= 15 is 0 Å². The number of amidine groups is 1. The number of thiocarbonyl (C=S) groups is 1. The Bertz CT molecular complexity index is 1060. The molecule has 0 aromatic heterocycles. The molecule has 1 atom stereocenters. The smallest absolute Gasteiger partial charge is 0.325 e. The zero-order valence-electron chi connectivity index (χ0n) is 16.8. The molecule has 5 nitrogen and oxygen atoms in total. The number of hydrogen-bond acceptors (Lipinski definition) is 6. The van der Waals surface area contributed by atoms with Gasteiger partial charge in [-0.2, -0.15) is 0 Å². The number of hydrogen-bond donors (Lipinski definition) is 1. The summed E-state index contributed by atoms with van der Waals surface area (Å²) in [4.78, 5) is 6.64. The largest absolute Gasteiger partial charge is 0.335 e. The Morgan fingerprint density at radius 3 is 2.53 bits per heavy atom. The lowest BCUT2D eigenvalue weighted by Crippen LogP contribution is -2.26. The lowest BCUT2D eigenvalue weighted by Gasteiger charge is -2.17. The maximum atomic E-state index is 12.7. The zero-order chi connectivity index (χ0) is 21.1. The lowest BCUT2D eigenvalue weighted by molar-refractivity contribution is 0.219. The van der Waals surface area contributed by atoms with Crippen molar-refractivity contribution >= 4 is 47.8 Å². The molecule has 8 heteroatoms. The van der Waals surface area contributed by atoms with Crippen LogP contribution < -0.4 is 5.32 Å². The van der Waals surface area contributed by atoms with Crippen molar-refractivity contribution in [2.45, 2.75) is 26.1 Å². The third-order valence-electron chi connectivity index (χ3n) is 4.78. The highest BCUT2D eigenvalue weighted by molar-refractivity contribution is 8.17. The average molecular weight is 459 g/mol. The van der Waals surface area contributed by atoms with Crippen molar-refractivity contribution < 1.29 is 13.6 Å². The zero-order valence-corrected chi connectivity index (χ0v) is 19.4. The number of rotatable bonds is 7. The maximum Gasteiger partial charge on any atom is 0.335 e. The van der Waals surface area contributed by atoms with Crippen LogP contribution in [0.3, 0.4) is 0 Å². The van der Waals surface area contributed by atoms with E-state index < -0.39 is 7.60 Å². The van der Waals surface area contributed by atoms with Gasteiger partial charge in [0.2, 0.25) is 0 Å². The summed E-state index contributed by atoms with van der Waals surface area (Å²) in [6, 6.07) is 16.1. The van der Waals surface area contributed by atoms with E-state index in [2.05, 4.69) is 23.5 Å². The van der Waals surface area contributed by atoms with Crippen molar-refractivity contribution in [3.05, 3.63) is 75.7 Å². The van der Waals surface area contributed by atoms with Gasteiger partial charge in [-0.1, -0.05) is 72.5 Å². The second-order valence-corrected chi connectivity index (χ2v) is 10.4. The molecule has 0 bridgehead atoms. The minimum atomic E-state index is -3.12. The second kappa shape index (κ2) is 9.16. The predicted molar refractivity (Wildman–Crippen MR) is 128 cm³/mol. The molecule has 1 aliphatic carbocycles. The number of aliphatic imine (C=N–C) groups is 1. The van der Waals surface area contributed by atoms with E-state index in [1.54, 1.807) is 11.8 Å². The van der Waals surface area contributed by atoms with Crippen molar-refractivity contribution in [1.82, 2.24) is 5.32 Å². The van der Waals surface area contributed by atoms with E-state index in [4.69, 9.17) is 26.3 Å². The number of benzene rings is 2. The first-order valence-electron chi connectivity index (χ1n) is 9.86. The summed E-state index contributed by atoms with van der Waals surface area (Å²) in [7, 11) is -3.12. The van der Waals surface area contributed by atoms with Gasteiger partial charge in [0.15, 0.2) is 5.17 Å². The fourth-order valence-electron chi connectivity index (χ4n) is 3.48. The molecule has 1 heterocycles. The summed E-state index contributed by atoms with van der Waals surface area (Å²) in [6.07, 6.45) is 2.43. The van der Waals surface area contributed by atoms with Gasteiger partial charge in [-0.25, -0.2) is 4.99 Å². The highest BCUT2D eigenvalue weighted by Crippen LogP contribution is 2.51. The highest BCUT2D eigenvalue weighted by atomic mass is 32.2. The Morgan fingerprint density at radius 1 is 1.13 bits per heavy atom. The first-order valence-corrected chi connectivity index (χ1v) is 12.8. The Hall–Kier alpha value is -1.76. The second-order valence-electron chi connectivity index (χ2n) is 6.87. The minimum absolute atomic E-state index is 0.0742. The summed E-state index contributed by atoms with van der Waals surface area (Å²) in [6.45, 7) is 4.33. The molecule has 1 aliphatic heterocycles. The molecule has 0 saturated carbocycles. The van der Waals surface area contributed by atoms with Crippen molar-refractivity contribution in [3.63, 3.8) is 0 Å². The fraction of sp³-hybridized carbons (Fsp3) is 0.273. The summed E-state index contributed by atoms with van der Waals surface area (Å²) in [5, 5.41) is 4.07. The third-order valence-corrected chi connectivity index (χ3v) is 8.15. The maximum absolute atomic E-state index is 12.7. The van der Waals surface area contributed by atoms with Gasteiger partial charge in [0.05, 0.1) is 19.4 Å². The molecular weight excluding hydrogens is 435 g/mol. The average Bonchev–Trinajstić information content (AvgIpc) is 3.26. The molecule has 4 rings (SSSR count). The third kappa shape index (κ3) is 4.61. The van der Waals surface area contributed by atoms with Gasteiger partial charge >= 0.3 is 7.60 Å². The molecule has 2 aromatic carbocycles. The first-order chi connectivity index (χ1) is 14.5. The van der Waals surface area contributed by atoms with E-state index in [1.165, 1.54) is 16.0 Å². The normalized spacial score (nSPS) is 17.2. The molecule has 156 valence electrons. The topological polar surface area (TPSA) is 59.9 Å². The first kappa shape index (κ1) is 21.5. The summed E-state index contributed by atoms with van der Waals surface area (Å²) in [5.41, 5.74) is 4.24. The van der Waals surface area contributed by atoms with E-state index in [0.717, 1.165) is 16.3 Å². The monoisotopic (exact) mass is 458 g/mol. The molecule has 0 spiro atoms. The van der Waals surface area contributed by atoms with Crippen molar-refractivity contribution in [2.24, 2.45) is 4.99 Å². The van der Waals surface area contributed by atoms with Crippen molar-refractivity contribution in [3.8, 4) is 0 Å². The van der Waals surface area contributed by atoms with Crippen LogP contribution in [0.2, 0.25) is 0 Å². The lowest BCUT2D eigenvalue weighted by atomic mass is 10.1. The molecule has 1 unspecified atom stereocenters. The molecule has 1 N–H and O–H groups in total. The van der Waals surface area contributed by atoms with Gasteiger partial charge in [-0.05, 0) is 36.6 Å². The van der Waals surface area contributed by atoms with Crippen LogP contribution in [-0.2, 0) is 19.8 Å².